The molecule has 3 nitrogen and oxygen atoms in total. The molecule has 3 atom stereocenters. The van der Waals surface area contributed by atoms with Crippen LogP contribution >= 0.6 is 0 Å². The lowest BCUT2D eigenvalue weighted by molar-refractivity contribution is -0.136. The van der Waals surface area contributed by atoms with E-state index in [0.29, 0.717) is 11.9 Å². The van der Waals surface area contributed by atoms with E-state index in [0.717, 1.165) is 38.4 Å². The molecule has 0 radical (unpaired) electrons. The molecule has 0 saturated carbocycles. The summed E-state index contributed by atoms with van der Waals surface area (Å²) in [6, 6.07) is 0.503. The Morgan fingerprint density at radius 3 is 2.83 bits per heavy atom. The van der Waals surface area contributed by atoms with Crippen LogP contribution in [-0.2, 0) is 4.79 Å². The van der Waals surface area contributed by atoms with Gasteiger partial charge in [0.25, 0.3) is 0 Å². The standard InChI is InChI=1S/C15H28N2O/c1-3-13-5-4-9-17(10-7-13)15(18)14-6-8-16-12(2)11-14/h12-14,16H,3-11H2,1-2H3. The number of rotatable bonds is 2. The second kappa shape index (κ2) is 6.55. The largest absolute Gasteiger partial charge is 0.342 e. The second-order valence-corrected chi connectivity index (χ2v) is 6.11. The molecular formula is C15H28N2O. The molecule has 2 heterocycles. The average Bonchev–Trinajstić information content (AvgIpc) is 2.63. The Bertz CT molecular complexity index is 280. The van der Waals surface area contributed by atoms with Gasteiger partial charge in [0, 0.05) is 25.0 Å². The summed E-state index contributed by atoms with van der Waals surface area (Å²) in [6.45, 7) is 7.46. The first-order valence-electron chi connectivity index (χ1n) is 7.73. The summed E-state index contributed by atoms with van der Waals surface area (Å²) in [6.07, 6.45) is 7.03. The number of carbonyl (C=O) groups is 1. The highest BCUT2D eigenvalue weighted by molar-refractivity contribution is 5.79. The van der Waals surface area contributed by atoms with Gasteiger partial charge < -0.3 is 10.2 Å². The van der Waals surface area contributed by atoms with Gasteiger partial charge in [0.1, 0.15) is 0 Å². The number of nitrogens with zero attached hydrogens (tertiary/aromatic N) is 1. The number of hydrogen-bond acceptors (Lipinski definition) is 2. The number of carbonyl (C=O) groups excluding carboxylic acids is 1. The summed E-state index contributed by atoms with van der Waals surface area (Å²) >= 11 is 0. The van der Waals surface area contributed by atoms with Crippen molar-refractivity contribution in [3.63, 3.8) is 0 Å². The van der Waals surface area contributed by atoms with Crippen molar-refractivity contribution in [2.45, 2.75) is 58.4 Å². The van der Waals surface area contributed by atoms with Crippen molar-refractivity contribution < 1.29 is 4.79 Å². The molecule has 0 aliphatic carbocycles. The van der Waals surface area contributed by atoms with Gasteiger partial charge in [-0.1, -0.05) is 13.3 Å². The van der Waals surface area contributed by atoms with Crippen LogP contribution in [0.1, 0.15) is 52.4 Å². The van der Waals surface area contributed by atoms with Gasteiger partial charge in [0.2, 0.25) is 5.91 Å². The minimum atomic E-state index is 0.277. The molecule has 3 unspecified atom stereocenters. The maximum Gasteiger partial charge on any atom is 0.225 e. The van der Waals surface area contributed by atoms with Crippen LogP contribution in [0.2, 0.25) is 0 Å². The van der Waals surface area contributed by atoms with E-state index in [1.165, 1.54) is 25.7 Å². The lowest BCUT2D eigenvalue weighted by Gasteiger charge is -2.31. The van der Waals surface area contributed by atoms with E-state index in [4.69, 9.17) is 0 Å². The van der Waals surface area contributed by atoms with Gasteiger partial charge in [-0.25, -0.2) is 0 Å². The van der Waals surface area contributed by atoms with Crippen molar-refractivity contribution in [1.29, 1.82) is 0 Å². The smallest absolute Gasteiger partial charge is 0.225 e. The normalized spacial score (nSPS) is 34.1. The lowest BCUT2D eigenvalue weighted by atomic mass is 9.92. The van der Waals surface area contributed by atoms with Gasteiger partial charge in [-0.2, -0.15) is 0 Å². The Labute approximate surface area is 111 Å². The van der Waals surface area contributed by atoms with Gasteiger partial charge >= 0.3 is 0 Å². The Morgan fingerprint density at radius 2 is 2.11 bits per heavy atom. The molecule has 18 heavy (non-hydrogen) atoms. The highest BCUT2D eigenvalue weighted by Crippen LogP contribution is 2.24. The number of amides is 1. The minimum absolute atomic E-state index is 0.277. The third-order valence-corrected chi connectivity index (χ3v) is 4.71. The van der Waals surface area contributed by atoms with Crippen LogP contribution in [0.5, 0.6) is 0 Å². The zero-order valence-electron chi connectivity index (χ0n) is 12.0. The van der Waals surface area contributed by atoms with Crippen molar-refractivity contribution in [2.24, 2.45) is 11.8 Å². The molecular weight excluding hydrogens is 224 g/mol. The molecule has 3 heteroatoms. The van der Waals surface area contributed by atoms with E-state index in [1.807, 2.05) is 0 Å². The number of hydrogen-bond donors (Lipinski definition) is 1. The van der Waals surface area contributed by atoms with Gasteiger partial charge in [0.05, 0.1) is 0 Å². The fraction of sp³-hybridized carbons (Fsp3) is 0.933. The maximum atomic E-state index is 12.5. The first-order chi connectivity index (χ1) is 8.70. The summed E-state index contributed by atoms with van der Waals surface area (Å²) in [7, 11) is 0. The molecule has 2 aliphatic heterocycles. The van der Waals surface area contributed by atoms with Crippen LogP contribution in [0.3, 0.4) is 0 Å². The first-order valence-corrected chi connectivity index (χ1v) is 7.73. The Kier molecular flexibility index (Phi) is 5.04. The molecule has 0 spiro atoms. The van der Waals surface area contributed by atoms with Gasteiger partial charge in [-0.15, -0.1) is 0 Å². The van der Waals surface area contributed by atoms with Crippen LogP contribution in [0.25, 0.3) is 0 Å². The Morgan fingerprint density at radius 1 is 1.28 bits per heavy atom. The van der Waals surface area contributed by atoms with Gasteiger partial charge in [0.15, 0.2) is 0 Å². The van der Waals surface area contributed by atoms with E-state index in [2.05, 4.69) is 24.1 Å². The van der Waals surface area contributed by atoms with Crippen LogP contribution in [0, 0.1) is 11.8 Å². The fourth-order valence-electron chi connectivity index (χ4n) is 3.41. The van der Waals surface area contributed by atoms with E-state index in [-0.39, 0.29) is 5.92 Å². The Balaban J connectivity index is 1.88. The highest BCUT2D eigenvalue weighted by atomic mass is 16.2. The first kappa shape index (κ1) is 13.9. The van der Waals surface area contributed by atoms with Crippen LogP contribution < -0.4 is 5.32 Å². The quantitative estimate of drug-likeness (QED) is 0.818. The molecule has 2 aliphatic rings. The summed E-state index contributed by atoms with van der Waals surface area (Å²) < 4.78 is 0. The molecule has 2 rings (SSSR count). The topological polar surface area (TPSA) is 32.3 Å². The summed E-state index contributed by atoms with van der Waals surface area (Å²) in [5.41, 5.74) is 0. The monoisotopic (exact) mass is 252 g/mol. The summed E-state index contributed by atoms with van der Waals surface area (Å²) in [4.78, 5) is 14.7. The molecule has 0 aromatic rings. The predicted molar refractivity (Wildman–Crippen MR) is 74.4 cm³/mol. The Hall–Kier alpha value is -0.570. The van der Waals surface area contributed by atoms with Crippen LogP contribution in [0.4, 0.5) is 0 Å². The third-order valence-electron chi connectivity index (χ3n) is 4.71. The zero-order chi connectivity index (χ0) is 13.0. The zero-order valence-corrected chi connectivity index (χ0v) is 12.0. The fourth-order valence-corrected chi connectivity index (χ4v) is 3.41. The van der Waals surface area contributed by atoms with Crippen molar-refractivity contribution in [3.05, 3.63) is 0 Å². The van der Waals surface area contributed by atoms with Crippen molar-refractivity contribution in [1.82, 2.24) is 10.2 Å². The van der Waals surface area contributed by atoms with Crippen molar-refractivity contribution in [3.8, 4) is 0 Å². The molecule has 2 saturated heterocycles. The van der Waals surface area contributed by atoms with Crippen molar-refractivity contribution >= 4 is 5.91 Å². The molecule has 0 aromatic heterocycles. The average molecular weight is 252 g/mol. The highest BCUT2D eigenvalue weighted by Gasteiger charge is 2.29. The molecule has 2 fully saturated rings. The van der Waals surface area contributed by atoms with Crippen LogP contribution in [-0.4, -0.2) is 36.5 Å². The predicted octanol–water partition coefficient (Wildman–Crippen LogP) is 2.41. The molecule has 1 amide bonds. The number of piperidine rings is 1. The van der Waals surface area contributed by atoms with E-state index in [9.17, 15) is 4.79 Å². The van der Waals surface area contributed by atoms with Crippen molar-refractivity contribution in [2.75, 3.05) is 19.6 Å². The molecule has 0 bridgehead atoms. The van der Waals surface area contributed by atoms with E-state index in [1.54, 1.807) is 0 Å². The SMILES string of the molecule is CCC1CCCN(C(=O)C2CCNC(C)C2)CC1. The third kappa shape index (κ3) is 3.47. The van der Waals surface area contributed by atoms with E-state index < -0.39 is 0 Å². The molecule has 104 valence electrons. The minimum Gasteiger partial charge on any atom is -0.342 e. The van der Waals surface area contributed by atoms with Crippen LogP contribution in [0.15, 0.2) is 0 Å². The number of likely N-dealkylation sites (tertiary alicyclic amines) is 1. The van der Waals surface area contributed by atoms with E-state index >= 15 is 0 Å². The van der Waals surface area contributed by atoms with Gasteiger partial charge in [-0.3, -0.25) is 4.79 Å². The van der Waals surface area contributed by atoms with Gasteiger partial charge in [-0.05, 0) is 51.5 Å². The molecule has 0 aromatic carbocycles. The summed E-state index contributed by atoms with van der Waals surface area (Å²) in [5.74, 6) is 1.55. The maximum absolute atomic E-state index is 12.5. The second-order valence-electron chi connectivity index (χ2n) is 6.11. The summed E-state index contributed by atoms with van der Waals surface area (Å²) in [5, 5.41) is 3.43. The lowest BCUT2D eigenvalue weighted by Crippen LogP contribution is -2.44. The molecule has 1 N–H and O–H groups in total. The number of nitrogens with one attached hydrogen (secondary N) is 1.